The van der Waals surface area contributed by atoms with Crippen LogP contribution in [-0.4, -0.2) is 54.3 Å². The highest BCUT2D eigenvalue weighted by Gasteiger charge is 2.27. The molecule has 1 atom stereocenters. The minimum absolute atomic E-state index is 0.420. The Hall–Kier alpha value is -3.50. The first-order valence-electron chi connectivity index (χ1n) is 10.9. The standard InChI is InChI=1S/C10H7N3O2.C6H15N.C5H6O.C5H10/c14-9-8(12-10(15)13-9)4-3-7-2-1-5-11-6-7;1-4-6-7(3)5-2;1-2-3-4-5-6;1-3-5-4-2/h1-2,5-6,8H,(H2,12,13,14,15);4-6H2,1-3H3;2-5H,1H2;3H,1,4-5H2,2H3/b;;4-3+;. The number of rotatable bonds is 7. The second-order valence-electron chi connectivity index (χ2n) is 6.64. The third kappa shape index (κ3) is 20.2. The molecule has 0 bridgehead atoms. The quantitative estimate of drug-likeness (QED) is 0.163. The van der Waals surface area contributed by atoms with Gasteiger partial charge in [0.25, 0.3) is 5.91 Å². The number of urea groups is 1. The summed E-state index contributed by atoms with van der Waals surface area (Å²) in [6, 6.07) is 2.25. The number of nitrogens with zero attached hydrogens (tertiary/aromatic N) is 2. The molecule has 1 fully saturated rings. The summed E-state index contributed by atoms with van der Waals surface area (Å²) in [5.41, 5.74) is 0.700. The third-order valence-corrected chi connectivity index (χ3v) is 3.76. The van der Waals surface area contributed by atoms with E-state index in [4.69, 9.17) is 0 Å². The normalized spacial score (nSPS) is 13.4. The van der Waals surface area contributed by atoms with Crippen LogP contribution in [0.15, 0.2) is 62.0 Å². The summed E-state index contributed by atoms with van der Waals surface area (Å²) >= 11 is 0. The maximum atomic E-state index is 11.1. The van der Waals surface area contributed by atoms with E-state index in [0.717, 1.165) is 6.42 Å². The first kappa shape index (κ1) is 31.7. The molecule has 33 heavy (non-hydrogen) atoms. The molecule has 0 aliphatic carbocycles. The van der Waals surface area contributed by atoms with Gasteiger partial charge in [-0.2, -0.15) is 0 Å². The van der Waals surface area contributed by atoms with Crippen LogP contribution in [0.25, 0.3) is 0 Å². The Balaban J connectivity index is 0. The number of nitrogens with one attached hydrogen (secondary N) is 2. The van der Waals surface area contributed by atoms with Crippen LogP contribution >= 0.6 is 0 Å². The number of hydrogen-bond acceptors (Lipinski definition) is 5. The maximum Gasteiger partial charge on any atom is 0.322 e. The molecule has 1 unspecified atom stereocenters. The SMILES string of the molecule is C=C/C=C/C=O.C=CCCC.CCCN(C)CC.O=C1NC(=O)C(C#Cc2cccnc2)N1. The number of allylic oxidation sites excluding steroid dienone is 4. The highest BCUT2D eigenvalue weighted by Crippen LogP contribution is 1.95. The van der Waals surface area contributed by atoms with E-state index in [0.29, 0.717) is 11.8 Å². The Morgan fingerprint density at radius 3 is 2.24 bits per heavy atom. The van der Waals surface area contributed by atoms with Crippen LogP contribution in [0.1, 0.15) is 45.6 Å². The predicted octanol–water partition coefficient (Wildman–Crippen LogP) is 3.89. The molecular weight excluding hydrogens is 416 g/mol. The van der Waals surface area contributed by atoms with E-state index in [1.807, 2.05) is 6.08 Å². The van der Waals surface area contributed by atoms with E-state index in [2.05, 4.69) is 73.3 Å². The maximum absolute atomic E-state index is 11.1. The van der Waals surface area contributed by atoms with Crippen molar-refractivity contribution in [2.24, 2.45) is 0 Å². The fourth-order valence-electron chi connectivity index (χ4n) is 1.98. The molecule has 0 aromatic carbocycles. The van der Waals surface area contributed by atoms with Gasteiger partial charge in [-0.15, -0.1) is 6.58 Å². The average molecular weight is 455 g/mol. The van der Waals surface area contributed by atoms with Crippen molar-refractivity contribution in [1.82, 2.24) is 20.5 Å². The smallest absolute Gasteiger partial charge is 0.316 e. The van der Waals surface area contributed by atoms with E-state index < -0.39 is 18.0 Å². The Bertz CT molecular complexity index is 770. The summed E-state index contributed by atoms with van der Waals surface area (Å²) in [6.45, 7) is 15.8. The fraction of sp³-hybridized carbons (Fsp3) is 0.385. The topological polar surface area (TPSA) is 91.4 Å². The summed E-state index contributed by atoms with van der Waals surface area (Å²) in [5.74, 6) is 4.97. The van der Waals surface area contributed by atoms with E-state index in [9.17, 15) is 14.4 Å². The molecule has 7 nitrogen and oxygen atoms in total. The summed E-state index contributed by atoms with van der Waals surface area (Å²) < 4.78 is 0. The third-order valence-electron chi connectivity index (χ3n) is 3.76. The minimum Gasteiger partial charge on any atom is -0.316 e. The van der Waals surface area contributed by atoms with Gasteiger partial charge in [0.1, 0.15) is 6.29 Å². The summed E-state index contributed by atoms with van der Waals surface area (Å²) in [4.78, 5) is 37.5. The lowest BCUT2D eigenvalue weighted by Gasteiger charge is -2.10. The van der Waals surface area contributed by atoms with Gasteiger partial charge < -0.3 is 10.2 Å². The number of carbonyl (C=O) groups excluding carboxylic acids is 3. The van der Waals surface area contributed by atoms with E-state index in [1.165, 1.54) is 32.0 Å². The zero-order chi connectivity index (χ0) is 25.3. The van der Waals surface area contributed by atoms with Crippen molar-refractivity contribution < 1.29 is 14.4 Å². The number of aldehydes is 1. The van der Waals surface area contributed by atoms with Crippen LogP contribution in [0.2, 0.25) is 0 Å². The molecule has 2 heterocycles. The molecule has 1 aliphatic rings. The number of unbranched alkanes of at least 4 members (excludes halogenated alkanes) is 1. The van der Waals surface area contributed by atoms with Gasteiger partial charge in [-0.25, -0.2) is 4.79 Å². The van der Waals surface area contributed by atoms with Crippen LogP contribution in [0.3, 0.4) is 0 Å². The van der Waals surface area contributed by atoms with E-state index in [1.54, 1.807) is 36.7 Å². The molecule has 0 saturated carbocycles. The van der Waals surface area contributed by atoms with Gasteiger partial charge in [0.15, 0.2) is 6.04 Å². The van der Waals surface area contributed by atoms with Gasteiger partial charge in [0, 0.05) is 18.0 Å². The number of aromatic nitrogens is 1. The first-order chi connectivity index (χ1) is 15.9. The van der Waals surface area contributed by atoms with Crippen molar-refractivity contribution in [3.63, 3.8) is 0 Å². The molecule has 1 aliphatic heterocycles. The summed E-state index contributed by atoms with van der Waals surface area (Å²) in [6.07, 6.45) is 14.0. The number of pyridine rings is 1. The van der Waals surface area contributed by atoms with Crippen molar-refractivity contribution in [2.45, 2.75) is 46.1 Å². The summed E-state index contributed by atoms with van der Waals surface area (Å²) in [7, 11) is 2.14. The fourth-order valence-corrected chi connectivity index (χ4v) is 1.98. The number of amides is 3. The Morgan fingerprint density at radius 2 is 1.91 bits per heavy atom. The zero-order valence-corrected chi connectivity index (χ0v) is 20.3. The van der Waals surface area contributed by atoms with Crippen molar-refractivity contribution in [2.75, 3.05) is 20.1 Å². The van der Waals surface area contributed by atoms with Crippen molar-refractivity contribution in [1.29, 1.82) is 0 Å². The second kappa shape index (κ2) is 23.2. The lowest BCUT2D eigenvalue weighted by Crippen LogP contribution is -2.26. The van der Waals surface area contributed by atoms with Gasteiger partial charge >= 0.3 is 6.03 Å². The Morgan fingerprint density at radius 1 is 1.18 bits per heavy atom. The molecule has 7 heteroatoms. The van der Waals surface area contributed by atoms with Crippen LogP contribution in [0.5, 0.6) is 0 Å². The Kier molecular flexibility index (Phi) is 22.2. The zero-order valence-electron chi connectivity index (χ0n) is 20.3. The predicted molar refractivity (Wildman–Crippen MR) is 136 cm³/mol. The van der Waals surface area contributed by atoms with E-state index >= 15 is 0 Å². The van der Waals surface area contributed by atoms with Crippen LogP contribution in [-0.2, 0) is 9.59 Å². The number of carbonyl (C=O) groups is 3. The van der Waals surface area contributed by atoms with E-state index in [-0.39, 0.29) is 0 Å². The minimum atomic E-state index is -0.766. The highest BCUT2D eigenvalue weighted by molar-refractivity contribution is 6.05. The lowest BCUT2D eigenvalue weighted by atomic mass is 10.2. The molecule has 2 N–H and O–H groups in total. The lowest BCUT2D eigenvalue weighted by molar-refractivity contribution is -0.119. The van der Waals surface area contributed by atoms with Crippen molar-refractivity contribution >= 4 is 18.2 Å². The second-order valence-corrected chi connectivity index (χ2v) is 6.64. The van der Waals surface area contributed by atoms with Crippen LogP contribution in [0, 0.1) is 11.8 Å². The molecule has 1 aromatic heterocycles. The molecule has 1 aromatic rings. The summed E-state index contributed by atoms with van der Waals surface area (Å²) in [5, 5.41) is 4.48. The largest absolute Gasteiger partial charge is 0.322 e. The van der Waals surface area contributed by atoms with Gasteiger partial charge in [-0.05, 0) is 51.2 Å². The van der Waals surface area contributed by atoms with Crippen molar-refractivity contribution in [3.8, 4) is 11.8 Å². The molecule has 1 saturated heterocycles. The number of hydrogen-bond donors (Lipinski definition) is 2. The van der Waals surface area contributed by atoms with Crippen LogP contribution < -0.4 is 10.6 Å². The highest BCUT2D eigenvalue weighted by atomic mass is 16.2. The van der Waals surface area contributed by atoms with Gasteiger partial charge in [0.2, 0.25) is 0 Å². The van der Waals surface area contributed by atoms with Crippen molar-refractivity contribution in [3.05, 3.63) is 67.6 Å². The van der Waals surface area contributed by atoms with Crippen LogP contribution in [0.4, 0.5) is 4.79 Å². The molecule has 0 radical (unpaired) electrons. The molecule has 3 amide bonds. The first-order valence-corrected chi connectivity index (χ1v) is 10.9. The van der Waals surface area contributed by atoms with Gasteiger partial charge in [-0.1, -0.05) is 63.8 Å². The monoisotopic (exact) mass is 454 g/mol. The molecular formula is C26H38N4O3. The van der Waals surface area contributed by atoms with Gasteiger partial charge in [0.05, 0.1) is 0 Å². The molecule has 0 spiro atoms. The average Bonchev–Trinajstić information content (AvgIpc) is 3.15. The molecule has 2 rings (SSSR count). The molecule has 180 valence electrons. The van der Waals surface area contributed by atoms with Gasteiger partial charge in [-0.3, -0.25) is 19.9 Å². The number of imide groups is 1. The Labute approximate surface area is 199 Å².